The lowest BCUT2D eigenvalue weighted by Gasteiger charge is -2.23. The first-order chi connectivity index (χ1) is 12.0. The van der Waals surface area contributed by atoms with Gasteiger partial charge in [0.1, 0.15) is 5.69 Å². The summed E-state index contributed by atoms with van der Waals surface area (Å²) in [4.78, 5) is 33.6. The van der Waals surface area contributed by atoms with Crippen LogP contribution in [0, 0.1) is 12.3 Å². The van der Waals surface area contributed by atoms with Crippen LogP contribution in [0.2, 0.25) is 0 Å². The third kappa shape index (κ3) is 2.59. The topological polar surface area (TPSA) is 71.3 Å². The zero-order chi connectivity index (χ0) is 17.6. The van der Waals surface area contributed by atoms with Gasteiger partial charge in [0.2, 0.25) is 5.91 Å². The Morgan fingerprint density at radius 2 is 2.04 bits per heavy atom. The van der Waals surface area contributed by atoms with Crippen molar-refractivity contribution in [3.05, 3.63) is 42.0 Å². The number of hydrogen-bond donors (Lipinski definition) is 0. The molecule has 0 radical (unpaired) electrons. The second kappa shape index (κ2) is 5.68. The summed E-state index contributed by atoms with van der Waals surface area (Å²) in [5.74, 6) is 0.0150. The minimum Gasteiger partial charge on any atom is -0.336 e. The molecule has 7 heteroatoms. The molecule has 2 fully saturated rings. The summed E-state index contributed by atoms with van der Waals surface area (Å²) < 4.78 is 1.70. The van der Waals surface area contributed by atoms with Crippen molar-refractivity contribution in [1.29, 1.82) is 0 Å². The Labute approximate surface area is 146 Å². The van der Waals surface area contributed by atoms with Crippen LogP contribution in [0.3, 0.4) is 0 Å². The van der Waals surface area contributed by atoms with Crippen LogP contribution in [-0.2, 0) is 11.8 Å². The van der Waals surface area contributed by atoms with Crippen LogP contribution in [0.1, 0.15) is 29.0 Å². The molecule has 0 aliphatic carbocycles. The first kappa shape index (κ1) is 15.8. The minimum absolute atomic E-state index is 0.0896. The van der Waals surface area contributed by atoms with Gasteiger partial charge in [-0.2, -0.15) is 5.10 Å². The first-order valence-corrected chi connectivity index (χ1v) is 8.52. The van der Waals surface area contributed by atoms with Gasteiger partial charge in [-0.25, -0.2) is 4.98 Å². The highest BCUT2D eigenvalue weighted by atomic mass is 16.2. The predicted octanol–water partition coefficient (Wildman–Crippen LogP) is 1.39. The number of aromatic nitrogens is 3. The fraction of sp³-hybridized carbons (Fsp3) is 0.444. The number of carbonyl (C=O) groups is 2. The molecule has 25 heavy (non-hydrogen) atoms. The molecule has 4 heterocycles. The molecule has 2 aliphatic heterocycles. The second-order valence-electron chi connectivity index (χ2n) is 7.00. The number of hydrogen-bond acceptors (Lipinski definition) is 4. The highest BCUT2D eigenvalue weighted by molar-refractivity contribution is 6.01. The molecule has 0 saturated carbocycles. The monoisotopic (exact) mass is 339 g/mol. The van der Waals surface area contributed by atoms with E-state index in [0.717, 1.165) is 17.8 Å². The normalized spacial score (nSPS) is 23.0. The Morgan fingerprint density at radius 1 is 1.24 bits per heavy atom. The van der Waals surface area contributed by atoms with E-state index in [4.69, 9.17) is 0 Å². The summed E-state index contributed by atoms with van der Waals surface area (Å²) in [7, 11) is 1.84. The maximum Gasteiger partial charge on any atom is 0.272 e. The molecule has 2 aromatic heterocycles. The van der Waals surface area contributed by atoms with Gasteiger partial charge >= 0.3 is 0 Å². The van der Waals surface area contributed by atoms with E-state index in [1.165, 1.54) is 0 Å². The number of carbonyl (C=O) groups excluding carboxylic acids is 2. The van der Waals surface area contributed by atoms with E-state index in [1.54, 1.807) is 26.7 Å². The molecule has 0 aromatic carbocycles. The van der Waals surface area contributed by atoms with Crippen molar-refractivity contribution >= 4 is 17.5 Å². The van der Waals surface area contributed by atoms with E-state index in [0.29, 0.717) is 31.7 Å². The third-order valence-corrected chi connectivity index (χ3v) is 5.26. The molecule has 2 saturated heterocycles. The lowest BCUT2D eigenvalue weighted by Crippen LogP contribution is -2.38. The fourth-order valence-electron chi connectivity index (χ4n) is 3.86. The SMILES string of the molecule is Cc1cccc(C(=O)N2CC[C@@]3(CCN(c4cnn(C)c4)C3=O)C2)n1. The molecule has 0 bridgehead atoms. The van der Waals surface area contributed by atoms with Gasteiger partial charge in [-0.1, -0.05) is 6.07 Å². The van der Waals surface area contributed by atoms with Crippen molar-refractivity contribution in [1.82, 2.24) is 19.7 Å². The molecule has 0 N–H and O–H groups in total. The van der Waals surface area contributed by atoms with Crippen LogP contribution in [0.5, 0.6) is 0 Å². The molecule has 130 valence electrons. The molecular weight excluding hydrogens is 318 g/mol. The standard InChI is InChI=1S/C18H21N5O2/c1-13-4-3-5-15(20-13)16(24)22-8-6-18(12-22)7-9-23(17(18)25)14-10-19-21(2)11-14/h3-5,10-11H,6-9,12H2,1-2H3/t18-/m1/s1. The molecule has 7 nitrogen and oxygen atoms in total. The quantitative estimate of drug-likeness (QED) is 0.829. The molecule has 2 aromatic rings. The van der Waals surface area contributed by atoms with Crippen molar-refractivity contribution in [2.75, 3.05) is 24.5 Å². The van der Waals surface area contributed by atoms with Crippen LogP contribution in [0.15, 0.2) is 30.6 Å². The smallest absolute Gasteiger partial charge is 0.272 e. The Morgan fingerprint density at radius 3 is 2.76 bits per heavy atom. The van der Waals surface area contributed by atoms with Crippen molar-refractivity contribution < 1.29 is 9.59 Å². The van der Waals surface area contributed by atoms with E-state index in [1.807, 2.05) is 32.3 Å². The molecule has 2 aliphatic rings. The van der Waals surface area contributed by atoms with E-state index in [2.05, 4.69) is 10.1 Å². The van der Waals surface area contributed by atoms with Gasteiger partial charge < -0.3 is 9.80 Å². The van der Waals surface area contributed by atoms with Gasteiger partial charge in [0.15, 0.2) is 0 Å². The predicted molar refractivity (Wildman–Crippen MR) is 92.1 cm³/mol. The molecule has 1 atom stereocenters. The van der Waals surface area contributed by atoms with Gasteiger partial charge in [0.25, 0.3) is 5.91 Å². The van der Waals surface area contributed by atoms with Crippen molar-refractivity contribution in [2.24, 2.45) is 12.5 Å². The van der Waals surface area contributed by atoms with Crippen LogP contribution in [0.4, 0.5) is 5.69 Å². The Kier molecular flexibility index (Phi) is 3.59. The van der Waals surface area contributed by atoms with E-state index in [-0.39, 0.29) is 11.8 Å². The van der Waals surface area contributed by atoms with Gasteiger partial charge in [-0.3, -0.25) is 14.3 Å². The zero-order valence-electron chi connectivity index (χ0n) is 14.5. The number of nitrogens with zero attached hydrogens (tertiary/aromatic N) is 5. The number of anilines is 1. The molecule has 0 unspecified atom stereocenters. The van der Waals surface area contributed by atoms with E-state index in [9.17, 15) is 9.59 Å². The van der Waals surface area contributed by atoms with Gasteiger partial charge in [0.05, 0.1) is 17.3 Å². The lowest BCUT2D eigenvalue weighted by atomic mass is 9.85. The first-order valence-electron chi connectivity index (χ1n) is 8.52. The minimum atomic E-state index is -0.463. The van der Waals surface area contributed by atoms with Crippen LogP contribution in [0.25, 0.3) is 0 Å². The number of aryl methyl sites for hydroxylation is 2. The average molecular weight is 339 g/mol. The summed E-state index contributed by atoms with van der Waals surface area (Å²) in [5.41, 5.74) is 1.63. The highest BCUT2D eigenvalue weighted by Crippen LogP contribution is 2.42. The summed E-state index contributed by atoms with van der Waals surface area (Å²) in [5, 5.41) is 4.15. The van der Waals surface area contributed by atoms with Crippen molar-refractivity contribution in [3.8, 4) is 0 Å². The Hall–Kier alpha value is -2.70. The number of likely N-dealkylation sites (tertiary alicyclic amines) is 1. The summed E-state index contributed by atoms with van der Waals surface area (Å²) in [6, 6.07) is 5.44. The zero-order valence-corrected chi connectivity index (χ0v) is 14.5. The van der Waals surface area contributed by atoms with Crippen LogP contribution in [-0.4, -0.2) is 51.1 Å². The highest BCUT2D eigenvalue weighted by Gasteiger charge is 2.52. The average Bonchev–Trinajstić information content (AvgIpc) is 3.29. The Balaban J connectivity index is 1.52. The van der Waals surface area contributed by atoms with Gasteiger partial charge in [-0.05, 0) is 31.9 Å². The number of rotatable bonds is 2. The number of pyridine rings is 1. The Bertz CT molecular complexity index is 845. The van der Waals surface area contributed by atoms with Crippen LogP contribution < -0.4 is 4.90 Å². The summed E-state index contributed by atoms with van der Waals surface area (Å²) in [6.07, 6.45) is 5.04. The molecule has 4 rings (SSSR count). The van der Waals surface area contributed by atoms with Gasteiger partial charge in [0, 0.05) is 38.6 Å². The molecule has 1 spiro atoms. The van der Waals surface area contributed by atoms with E-state index < -0.39 is 5.41 Å². The third-order valence-electron chi connectivity index (χ3n) is 5.26. The van der Waals surface area contributed by atoms with Crippen LogP contribution >= 0.6 is 0 Å². The fourth-order valence-corrected chi connectivity index (χ4v) is 3.86. The lowest BCUT2D eigenvalue weighted by molar-refractivity contribution is -0.124. The second-order valence-corrected chi connectivity index (χ2v) is 7.00. The molecular formula is C18H21N5O2. The summed E-state index contributed by atoms with van der Waals surface area (Å²) >= 11 is 0. The largest absolute Gasteiger partial charge is 0.336 e. The van der Waals surface area contributed by atoms with Crippen molar-refractivity contribution in [3.63, 3.8) is 0 Å². The maximum atomic E-state index is 13.0. The maximum absolute atomic E-state index is 13.0. The van der Waals surface area contributed by atoms with Gasteiger partial charge in [-0.15, -0.1) is 0 Å². The van der Waals surface area contributed by atoms with Crippen molar-refractivity contribution in [2.45, 2.75) is 19.8 Å². The number of amides is 2. The van der Waals surface area contributed by atoms with E-state index >= 15 is 0 Å². The molecule has 2 amide bonds. The summed E-state index contributed by atoms with van der Waals surface area (Å²) in [6.45, 7) is 3.61.